The van der Waals surface area contributed by atoms with Gasteiger partial charge in [0.25, 0.3) is 0 Å². The molecule has 3 aromatic rings. The van der Waals surface area contributed by atoms with Crippen molar-refractivity contribution in [3.05, 3.63) is 46.7 Å². The normalized spacial score (nSPS) is 11.0. The molecule has 0 saturated carbocycles. The minimum absolute atomic E-state index is 0.201. The molecule has 0 saturated heterocycles. The number of rotatable bonds is 3. The summed E-state index contributed by atoms with van der Waals surface area (Å²) in [7, 11) is 0. The first-order valence-electron chi connectivity index (χ1n) is 6.86. The molecule has 0 unspecified atom stereocenters. The molecule has 2 aromatic carbocycles. The molecule has 0 aliphatic rings. The van der Waals surface area contributed by atoms with Gasteiger partial charge < -0.3 is 9.84 Å². The molecule has 4 nitrogen and oxygen atoms in total. The van der Waals surface area contributed by atoms with Gasteiger partial charge in [0.15, 0.2) is 11.6 Å². The summed E-state index contributed by atoms with van der Waals surface area (Å²) >= 11 is 0.959. The van der Waals surface area contributed by atoms with E-state index in [1.807, 2.05) is 0 Å². The van der Waals surface area contributed by atoms with E-state index in [4.69, 9.17) is 4.74 Å². The Bertz CT molecular complexity index is 955. The maximum atomic E-state index is 13.9. The van der Waals surface area contributed by atoms with Crippen LogP contribution in [0.1, 0.15) is 16.6 Å². The summed E-state index contributed by atoms with van der Waals surface area (Å²) in [6.45, 7) is 1.86. The van der Waals surface area contributed by atoms with Crippen molar-refractivity contribution in [2.45, 2.75) is 6.92 Å². The van der Waals surface area contributed by atoms with E-state index in [1.54, 1.807) is 6.92 Å². The van der Waals surface area contributed by atoms with Gasteiger partial charge in [0.2, 0.25) is 0 Å². The number of benzene rings is 2. The molecule has 0 aliphatic carbocycles. The van der Waals surface area contributed by atoms with E-state index in [-0.39, 0.29) is 22.1 Å². The fraction of sp³-hybridized carbons (Fsp3) is 0.125. The highest BCUT2D eigenvalue weighted by Crippen LogP contribution is 2.36. The third-order valence-electron chi connectivity index (χ3n) is 3.29. The summed E-state index contributed by atoms with van der Waals surface area (Å²) in [4.78, 5) is 15.9. The number of phenolic OH excluding ortho intramolecular Hbond substituents is 1. The second-order valence-corrected chi connectivity index (χ2v) is 5.85. The summed E-state index contributed by atoms with van der Waals surface area (Å²) in [5, 5.41) is 9.42. The minimum atomic E-state index is -1.36. The van der Waals surface area contributed by atoms with Crippen LogP contribution in [0.3, 0.4) is 0 Å². The van der Waals surface area contributed by atoms with Crippen LogP contribution in [0.4, 0.5) is 13.2 Å². The molecule has 3 rings (SSSR count). The number of phenols is 1. The monoisotopic (exact) mass is 353 g/mol. The topological polar surface area (TPSA) is 59.4 Å². The molecule has 0 atom stereocenters. The van der Waals surface area contributed by atoms with Crippen molar-refractivity contribution in [3.8, 4) is 16.3 Å². The van der Waals surface area contributed by atoms with E-state index < -0.39 is 39.9 Å². The zero-order valence-corrected chi connectivity index (χ0v) is 13.1. The van der Waals surface area contributed by atoms with Crippen LogP contribution in [0.5, 0.6) is 5.75 Å². The Balaban J connectivity index is 2.15. The van der Waals surface area contributed by atoms with Crippen LogP contribution in [-0.4, -0.2) is 22.7 Å². The lowest BCUT2D eigenvalue weighted by atomic mass is 10.0. The van der Waals surface area contributed by atoms with Crippen molar-refractivity contribution >= 4 is 28.1 Å². The first kappa shape index (κ1) is 16.3. The van der Waals surface area contributed by atoms with Gasteiger partial charge in [-0.25, -0.2) is 22.9 Å². The van der Waals surface area contributed by atoms with Crippen molar-refractivity contribution in [3.63, 3.8) is 0 Å². The standard InChI is InChI=1S/C16H10F3NO3S/c1-2-23-16(22)12-6-20-15(24-12)7-3-8-13(11(21)4-7)9(17)5-10(18)14(8)19/h3-6,21H,2H2,1H3. The van der Waals surface area contributed by atoms with Gasteiger partial charge in [-0.15, -0.1) is 11.3 Å². The number of hydrogen-bond acceptors (Lipinski definition) is 5. The third-order valence-corrected chi connectivity index (χ3v) is 4.31. The third kappa shape index (κ3) is 2.69. The molecular formula is C16H10F3NO3S. The number of nitrogens with zero attached hydrogens (tertiary/aromatic N) is 1. The van der Waals surface area contributed by atoms with Crippen LogP contribution in [0.25, 0.3) is 21.3 Å². The van der Waals surface area contributed by atoms with Gasteiger partial charge in [-0.2, -0.15) is 0 Å². The Kier molecular flexibility index (Phi) is 4.15. The lowest BCUT2D eigenvalue weighted by molar-refractivity contribution is 0.0532. The van der Waals surface area contributed by atoms with E-state index in [0.29, 0.717) is 6.07 Å². The summed E-state index contributed by atoms with van der Waals surface area (Å²) in [5.41, 5.74) is 0.226. The van der Waals surface area contributed by atoms with E-state index >= 15 is 0 Å². The van der Waals surface area contributed by atoms with Gasteiger partial charge in [0.05, 0.1) is 18.2 Å². The lowest BCUT2D eigenvalue weighted by Gasteiger charge is -2.07. The van der Waals surface area contributed by atoms with Crippen LogP contribution in [0, 0.1) is 17.5 Å². The summed E-state index contributed by atoms with van der Waals surface area (Å²) < 4.78 is 46.0. The van der Waals surface area contributed by atoms with Crippen molar-refractivity contribution in [1.29, 1.82) is 0 Å². The predicted molar refractivity (Wildman–Crippen MR) is 82.6 cm³/mol. The molecule has 1 heterocycles. The van der Waals surface area contributed by atoms with Crippen molar-refractivity contribution < 1.29 is 27.8 Å². The first-order valence-corrected chi connectivity index (χ1v) is 7.67. The largest absolute Gasteiger partial charge is 0.507 e. The Morgan fingerprint density at radius 1 is 1.25 bits per heavy atom. The van der Waals surface area contributed by atoms with Crippen molar-refractivity contribution in [2.75, 3.05) is 6.61 Å². The number of esters is 1. The van der Waals surface area contributed by atoms with Crippen molar-refractivity contribution in [2.24, 2.45) is 0 Å². The van der Waals surface area contributed by atoms with Crippen LogP contribution >= 0.6 is 11.3 Å². The zero-order chi connectivity index (χ0) is 17.4. The summed E-state index contributed by atoms with van der Waals surface area (Å²) in [5.74, 6) is -4.81. The number of fused-ring (bicyclic) bond motifs is 1. The first-order chi connectivity index (χ1) is 11.4. The molecule has 0 fully saturated rings. The van der Waals surface area contributed by atoms with Gasteiger partial charge in [-0.1, -0.05) is 0 Å². The molecule has 24 heavy (non-hydrogen) atoms. The molecule has 1 N–H and O–H groups in total. The minimum Gasteiger partial charge on any atom is -0.507 e. The lowest BCUT2D eigenvalue weighted by Crippen LogP contribution is -2.01. The number of carbonyl (C=O) groups excluding carboxylic acids is 1. The molecule has 124 valence electrons. The molecule has 0 spiro atoms. The van der Waals surface area contributed by atoms with Gasteiger partial charge in [0.1, 0.15) is 21.5 Å². The highest BCUT2D eigenvalue weighted by Gasteiger charge is 2.19. The quantitative estimate of drug-likeness (QED) is 0.564. The number of thiazole rings is 1. The zero-order valence-electron chi connectivity index (χ0n) is 12.3. The molecule has 8 heteroatoms. The molecule has 1 aromatic heterocycles. The smallest absolute Gasteiger partial charge is 0.349 e. The van der Waals surface area contributed by atoms with Crippen LogP contribution in [0.2, 0.25) is 0 Å². The second kappa shape index (κ2) is 6.12. The van der Waals surface area contributed by atoms with E-state index in [1.165, 1.54) is 18.3 Å². The highest BCUT2D eigenvalue weighted by molar-refractivity contribution is 7.16. The molecule has 0 amide bonds. The summed E-state index contributed by atoms with van der Waals surface area (Å²) in [6, 6.07) is 2.72. The van der Waals surface area contributed by atoms with E-state index in [2.05, 4.69) is 4.98 Å². The number of halogens is 3. The average Bonchev–Trinajstić information content (AvgIpc) is 3.02. The summed E-state index contributed by atoms with van der Waals surface area (Å²) in [6.07, 6.45) is 1.28. The molecular weight excluding hydrogens is 343 g/mol. The van der Waals surface area contributed by atoms with Gasteiger partial charge in [-0.3, -0.25) is 0 Å². The van der Waals surface area contributed by atoms with Gasteiger partial charge >= 0.3 is 5.97 Å². The fourth-order valence-electron chi connectivity index (χ4n) is 2.25. The van der Waals surface area contributed by atoms with Crippen LogP contribution < -0.4 is 0 Å². The highest BCUT2D eigenvalue weighted by atomic mass is 32.1. The Morgan fingerprint density at radius 3 is 2.71 bits per heavy atom. The fourth-order valence-corrected chi connectivity index (χ4v) is 3.05. The van der Waals surface area contributed by atoms with E-state index in [9.17, 15) is 23.1 Å². The SMILES string of the molecule is CCOC(=O)c1cnc(-c2cc(O)c3c(F)cc(F)c(F)c3c2)s1. The maximum Gasteiger partial charge on any atom is 0.349 e. The number of carbonyl (C=O) groups is 1. The van der Waals surface area contributed by atoms with E-state index in [0.717, 1.165) is 11.3 Å². The van der Waals surface area contributed by atoms with Gasteiger partial charge in [0, 0.05) is 17.0 Å². The number of aromatic nitrogens is 1. The number of aromatic hydroxyl groups is 1. The Morgan fingerprint density at radius 2 is 2.00 bits per heavy atom. The number of hydrogen-bond donors (Lipinski definition) is 1. The van der Waals surface area contributed by atoms with Gasteiger partial charge in [-0.05, 0) is 19.1 Å². The average molecular weight is 353 g/mol. The Hall–Kier alpha value is -2.61. The molecule has 0 aliphatic heterocycles. The maximum absolute atomic E-state index is 13.9. The van der Waals surface area contributed by atoms with Crippen molar-refractivity contribution in [1.82, 2.24) is 4.98 Å². The van der Waals surface area contributed by atoms with Crippen LogP contribution in [-0.2, 0) is 4.74 Å². The predicted octanol–water partition coefficient (Wildman–Crippen LogP) is 4.26. The number of ether oxygens (including phenoxy) is 1. The van der Waals surface area contributed by atoms with Crippen LogP contribution in [0.15, 0.2) is 24.4 Å². The molecule has 0 bridgehead atoms. The molecule has 0 radical (unpaired) electrons. The Labute approximate surface area is 138 Å². The second-order valence-electron chi connectivity index (χ2n) is 4.82.